The van der Waals surface area contributed by atoms with Crippen LogP contribution in [0, 0.1) is 5.92 Å². The van der Waals surface area contributed by atoms with Crippen LogP contribution in [0.15, 0.2) is 0 Å². The second kappa shape index (κ2) is 4.77. The Bertz CT molecular complexity index is 130. The van der Waals surface area contributed by atoms with E-state index in [0.717, 1.165) is 19.6 Å². The fourth-order valence-corrected chi connectivity index (χ4v) is 1.96. The van der Waals surface area contributed by atoms with Gasteiger partial charge in [-0.25, -0.2) is 0 Å². The molecule has 12 heavy (non-hydrogen) atoms. The summed E-state index contributed by atoms with van der Waals surface area (Å²) in [4.78, 5) is 2.34. The van der Waals surface area contributed by atoms with E-state index in [9.17, 15) is 4.39 Å². The molecule has 72 valence electrons. The number of halogens is 1. The summed E-state index contributed by atoms with van der Waals surface area (Å²) in [7, 11) is 0. The van der Waals surface area contributed by atoms with Crippen molar-refractivity contribution in [1.29, 1.82) is 0 Å². The average Bonchev–Trinajstić information content (AvgIpc) is 2.43. The van der Waals surface area contributed by atoms with Crippen LogP contribution in [-0.4, -0.2) is 37.3 Å². The van der Waals surface area contributed by atoms with Crippen LogP contribution in [0.25, 0.3) is 0 Å². The predicted octanol–water partition coefficient (Wildman–Crippen LogP) is 1.02. The molecule has 0 aromatic heterocycles. The van der Waals surface area contributed by atoms with E-state index < -0.39 is 0 Å². The molecule has 0 radical (unpaired) electrons. The van der Waals surface area contributed by atoms with E-state index in [-0.39, 0.29) is 6.67 Å². The van der Waals surface area contributed by atoms with Crippen molar-refractivity contribution in [2.24, 2.45) is 11.7 Å². The third-order valence-corrected chi connectivity index (χ3v) is 2.70. The molecule has 1 rings (SSSR count). The third kappa shape index (κ3) is 2.42. The first-order valence-corrected chi connectivity index (χ1v) is 4.78. The summed E-state index contributed by atoms with van der Waals surface area (Å²) in [5, 5.41) is 0. The van der Waals surface area contributed by atoms with E-state index in [1.54, 1.807) is 0 Å². The Balaban J connectivity index is 2.25. The Labute approximate surface area is 73.9 Å². The molecule has 0 aromatic carbocycles. The number of nitrogens with zero attached hydrogens (tertiary/aromatic N) is 1. The molecule has 2 atom stereocenters. The lowest BCUT2D eigenvalue weighted by Crippen LogP contribution is -2.29. The molecular formula is C9H19FN2. The van der Waals surface area contributed by atoms with Gasteiger partial charge < -0.3 is 10.6 Å². The van der Waals surface area contributed by atoms with Crippen molar-refractivity contribution >= 4 is 0 Å². The summed E-state index contributed by atoms with van der Waals surface area (Å²) < 4.78 is 11.9. The molecule has 2 N–H and O–H groups in total. The van der Waals surface area contributed by atoms with Crippen LogP contribution in [0.1, 0.15) is 19.8 Å². The molecule has 0 bridgehead atoms. The number of hydrogen-bond donors (Lipinski definition) is 1. The van der Waals surface area contributed by atoms with Crippen LogP contribution < -0.4 is 5.73 Å². The number of rotatable bonds is 4. The van der Waals surface area contributed by atoms with Crippen LogP contribution in [0.2, 0.25) is 0 Å². The molecule has 0 aromatic rings. The molecule has 1 aliphatic rings. The van der Waals surface area contributed by atoms with Gasteiger partial charge in [0, 0.05) is 19.1 Å². The second-order valence-corrected chi connectivity index (χ2v) is 3.72. The minimum absolute atomic E-state index is 0.198. The van der Waals surface area contributed by atoms with Crippen LogP contribution in [-0.2, 0) is 0 Å². The van der Waals surface area contributed by atoms with Gasteiger partial charge in [-0.2, -0.15) is 0 Å². The van der Waals surface area contributed by atoms with Gasteiger partial charge in [-0.3, -0.25) is 4.39 Å². The van der Waals surface area contributed by atoms with E-state index in [1.165, 1.54) is 6.42 Å². The van der Waals surface area contributed by atoms with Gasteiger partial charge in [-0.15, -0.1) is 0 Å². The SMILES string of the molecule is CC1CC(CN)CN1CCCF. The van der Waals surface area contributed by atoms with E-state index in [1.807, 2.05) is 0 Å². The van der Waals surface area contributed by atoms with Crippen molar-refractivity contribution in [3.63, 3.8) is 0 Å². The highest BCUT2D eigenvalue weighted by atomic mass is 19.1. The van der Waals surface area contributed by atoms with Crippen molar-refractivity contribution in [2.75, 3.05) is 26.3 Å². The summed E-state index contributed by atoms with van der Waals surface area (Å²) in [5.41, 5.74) is 5.59. The minimum atomic E-state index is -0.198. The maximum atomic E-state index is 11.9. The standard InChI is InChI=1S/C9H19FN2/c1-8-5-9(6-11)7-12(8)4-2-3-10/h8-9H,2-7,11H2,1H3. The Kier molecular flexibility index (Phi) is 3.95. The van der Waals surface area contributed by atoms with Crippen molar-refractivity contribution in [3.05, 3.63) is 0 Å². The minimum Gasteiger partial charge on any atom is -0.330 e. The normalized spacial score (nSPS) is 31.2. The van der Waals surface area contributed by atoms with Crippen LogP contribution in [0.3, 0.4) is 0 Å². The molecule has 1 aliphatic heterocycles. The first-order valence-electron chi connectivity index (χ1n) is 4.78. The zero-order chi connectivity index (χ0) is 8.97. The lowest BCUT2D eigenvalue weighted by atomic mass is 10.1. The Morgan fingerprint density at radius 1 is 1.58 bits per heavy atom. The molecule has 1 heterocycles. The van der Waals surface area contributed by atoms with E-state index in [4.69, 9.17) is 5.73 Å². The summed E-state index contributed by atoms with van der Waals surface area (Å²) in [6.07, 6.45) is 1.85. The molecule has 0 saturated carbocycles. The predicted molar refractivity (Wildman–Crippen MR) is 48.8 cm³/mol. The number of nitrogens with two attached hydrogens (primary N) is 1. The maximum absolute atomic E-state index is 11.9. The molecule has 1 fully saturated rings. The Morgan fingerprint density at radius 2 is 2.33 bits per heavy atom. The van der Waals surface area contributed by atoms with Crippen molar-refractivity contribution in [3.8, 4) is 0 Å². The number of likely N-dealkylation sites (tertiary alicyclic amines) is 1. The van der Waals surface area contributed by atoms with Gasteiger partial charge in [0.25, 0.3) is 0 Å². The van der Waals surface area contributed by atoms with E-state index in [0.29, 0.717) is 18.4 Å². The molecule has 1 saturated heterocycles. The highest BCUT2D eigenvalue weighted by molar-refractivity contribution is 4.82. The highest BCUT2D eigenvalue weighted by Crippen LogP contribution is 2.21. The van der Waals surface area contributed by atoms with Gasteiger partial charge in [-0.1, -0.05) is 0 Å². The summed E-state index contributed by atoms with van der Waals surface area (Å²) >= 11 is 0. The zero-order valence-corrected chi connectivity index (χ0v) is 7.80. The van der Waals surface area contributed by atoms with E-state index in [2.05, 4.69) is 11.8 Å². The third-order valence-electron chi connectivity index (χ3n) is 2.70. The van der Waals surface area contributed by atoms with Gasteiger partial charge in [0.05, 0.1) is 6.67 Å². The average molecular weight is 174 g/mol. The van der Waals surface area contributed by atoms with Gasteiger partial charge in [0.15, 0.2) is 0 Å². The summed E-state index contributed by atoms with van der Waals surface area (Å²) in [5.74, 6) is 0.639. The first kappa shape index (κ1) is 9.93. The fraction of sp³-hybridized carbons (Fsp3) is 1.00. The first-order chi connectivity index (χ1) is 5.77. The zero-order valence-electron chi connectivity index (χ0n) is 7.80. The maximum Gasteiger partial charge on any atom is 0.0906 e. The van der Waals surface area contributed by atoms with Gasteiger partial charge in [0.2, 0.25) is 0 Å². The van der Waals surface area contributed by atoms with Gasteiger partial charge in [0.1, 0.15) is 0 Å². The number of alkyl halides is 1. The van der Waals surface area contributed by atoms with Crippen molar-refractivity contribution in [2.45, 2.75) is 25.8 Å². The summed E-state index contributed by atoms with van der Waals surface area (Å²) in [6, 6.07) is 0.602. The highest BCUT2D eigenvalue weighted by Gasteiger charge is 2.27. The van der Waals surface area contributed by atoms with Crippen molar-refractivity contribution in [1.82, 2.24) is 4.90 Å². The second-order valence-electron chi connectivity index (χ2n) is 3.72. The monoisotopic (exact) mass is 174 g/mol. The molecule has 3 heteroatoms. The van der Waals surface area contributed by atoms with Crippen LogP contribution in [0.5, 0.6) is 0 Å². The topological polar surface area (TPSA) is 29.3 Å². The lowest BCUT2D eigenvalue weighted by Gasteiger charge is -2.19. The molecule has 2 nitrogen and oxygen atoms in total. The Morgan fingerprint density at radius 3 is 2.83 bits per heavy atom. The van der Waals surface area contributed by atoms with E-state index >= 15 is 0 Å². The number of hydrogen-bond acceptors (Lipinski definition) is 2. The quantitative estimate of drug-likeness (QED) is 0.689. The van der Waals surface area contributed by atoms with Gasteiger partial charge in [-0.05, 0) is 32.2 Å². The van der Waals surface area contributed by atoms with Crippen molar-refractivity contribution < 1.29 is 4.39 Å². The fourth-order valence-electron chi connectivity index (χ4n) is 1.96. The molecule has 0 aliphatic carbocycles. The lowest BCUT2D eigenvalue weighted by molar-refractivity contribution is 0.250. The van der Waals surface area contributed by atoms with Crippen LogP contribution in [0.4, 0.5) is 4.39 Å². The summed E-state index contributed by atoms with van der Waals surface area (Å²) in [6.45, 7) is 4.74. The van der Waals surface area contributed by atoms with Gasteiger partial charge >= 0.3 is 0 Å². The van der Waals surface area contributed by atoms with Crippen LogP contribution >= 0.6 is 0 Å². The largest absolute Gasteiger partial charge is 0.330 e. The molecule has 0 spiro atoms. The molecule has 2 unspecified atom stereocenters. The molecular weight excluding hydrogens is 155 g/mol. The molecule has 0 amide bonds. The smallest absolute Gasteiger partial charge is 0.0906 e. The Hall–Kier alpha value is -0.150.